The molecule has 16 heteroatoms. The van der Waals surface area contributed by atoms with Crippen molar-refractivity contribution in [2.45, 2.75) is 56.9 Å². The van der Waals surface area contributed by atoms with Gasteiger partial charge in [0.25, 0.3) is 6.43 Å². The van der Waals surface area contributed by atoms with Crippen LogP contribution in [0, 0.1) is 6.92 Å². The average molecular weight is 657 g/mol. The second-order valence-corrected chi connectivity index (χ2v) is 13.9. The van der Waals surface area contributed by atoms with Crippen LogP contribution in [0.4, 0.5) is 31.8 Å². The van der Waals surface area contributed by atoms with Gasteiger partial charge in [0.05, 0.1) is 41.7 Å². The molecule has 1 saturated heterocycles. The Kier molecular flexibility index (Phi) is 7.75. The third-order valence-electron chi connectivity index (χ3n) is 7.65. The molecule has 6 heterocycles. The summed E-state index contributed by atoms with van der Waals surface area (Å²) in [5.41, 5.74) is 3.23. The Morgan fingerprint density at radius 2 is 1.91 bits per heavy atom. The fraction of sp³-hybridized carbons (Fsp3) is 0.379. The van der Waals surface area contributed by atoms with Gasteiger partial charge in [-0.1, -0.05) is 0 Å². The van der Waals surface area contributed by atoms with Crippen molar-refractivity contribution in [2.24, 2.45) is 0 Å². The molecule has 1 fully saturated rings. The van der Waals surface area contributed by atoms with E-state index in [0.717, 1.165) is 30.5 Å². The molecule has 0 spiro atoms. The molecule has 0 bridgehead atoms. The Balaban J connectivity index is 1.37. The molecule has 0 aliphatic carbocycles. The fourth-order valence-corrected chi connectivity index (χ4v) is 7.24. The number of alkyl halides is 2. The van der Waals surface area contributed by atoms with Gasteiger partial charge >= 0.3 is 0 Å². The maximum Gasteiger partial charge on any atom is 0.295 e. The molecule has 1 atom stereocenters. The minimum absolute atomic E-state index is 0.0261. The van der Waals surface area contributed by atoms with Crippen LogP contribution >= 0.6 is 11.3 Å². The number of imidazole rings is 1. The summed E-state index contributed by atoms with van der Waals surface area (Å²) < 4.78 is 69.6. The predicted octanol–water partition coefficient (Wildman–Crippen LogP) is 6.12. The molecule has 7 rings (SSSR count). The van der Waals surface area contributed by atoms with Crippen LogP contribution in [0.5, 0.6) is 0 Å². The number of halogens is 2. The van der Waals surface area contributed by atoms with Crippen LogP contribution in [-0.4, -0.2) is 57.2 Å². The number of benzene rings is 1. The number of thiazole rings is 1. The van der Waals surface area contributed by atoms with Gasteiger partial charge in [0.15, 0.2) is 27.1 Å². The standard InChI is InChI=1S/C29H30F2N8O4S2/c1-16-15-44-29(32-16)17-6-7-19(21(11-17)45(2,40)41)33-20-13-22(34-23-12-18-14-42-10-8-38(18)37-23)35-27-25(20)36-28(26(30)31)39(27)24-5-3-4-9-43-24/h6-7,11-13,15,24,26H,3-5,8-10,14H2,1-2H3,(H2,33,34,35,37). The number of aromatic nitrogens is 6. The smallest absolute Gasteiger partial charge is 0.295 e. The summed E-state index contributed by atoms with van der Waals surface area (Å²) in [6.45, 7) is 3.87. The molecule has 0 saturated carbocycles. The average Bonchev–Trinajstić information content (AvgIpc) is 3.74. The van der Waals surface area contributed by atoms with Crippen LogP contribution in [-0.2, 0) is 32.5 Å². The van der Waals surface area contributed by atoms with Crippen molar-refractivity contribution in [1.29, 1.82) is 0 Å². The van der Waals surface area contributed by atoms with Crippen molar-refractivity contribution in [3.63, 3.8) is 0 Å². The number of hydrogen-bond donors (Lipinski definition) is 2. The van der Waals surface area contributed by atoms with E-state index in [1.807, 2.05) is 23.1 Å². The molecule has 0 radical (unpaired) electrons. The third kappa shape index (κ3) is 5.90. The van der Waals surface area contributed by atoms with Crippen molar-refractivity contribution in [3.05, 3.63) is 52.9 Å². The number of pyridine rings is 1. The first-order valence-electron chi connectivity index (χ1n) is 14.4. The molecular weight excluding hydrogens is 627 g/mol. The quantitative estimate of drug-likeness (QED) is 0.201. The third-order valence-corrected chi connectivity index (χ3v) is 9.79. The van der Waals surface area contributed by atoms with Gasteiger partial charge in [-0.2, -0.15) is 5.10 Å². The van der Waals surface area contributed by atoms with E-state index in [4.69, 9.17) is 14.5 Å². The summed E-state index contributed by atoms with van der Waals surface area (Å²) in [4.78, 5) is 13.6. The zero-order valence-corrected chi connectivity index (χ0v) is 26.1. The minimum atomic E-state index is -3.73. The van der Waals surface area contributed by atoms with Gasteiger partial charge in [0.1, 0.15) is 22.6 Å². The first-order chi connectivity index (χ1) is 21.6. The highest BCUT2D eigenvalue weighted by Crippen LogP contribution is 2.38. The zero-order chi connectivity index (χ0) is 31.3. The summed E-state index contributed by atoms with van der Waals surface area (Å²) in [7, 11) is -3.73. The van der Waals surface area contributed by atoms with Gasteiger partial charge in [0, 0.05) is 41.6 Å². The molecule has 2 N–H and O–H groups in total. The van der Waals surface area contributed by atoms with Crippen molar-refractivity contribution in [2.75, 3.05) is 30.1 Å². The molecule has 2 aliphatic rings. The molecule has 45 heavy (non-hydrogen) atoms. The largest absolute Gasteiger partial charge is 0.373 e. The van der Waals surface area contributed by atoms with Crippen molar-refractivity contribution < 1.29 is 26.7 Å². The number of hydrogen-bond acceptors (Lipinski definition) is 11. The molecule has 1 aromatic carbocycles. The maximum absolute atomic E-state index is 14.5. The summed E-state index contributed by atoms with van der Waals surface area (Å²) in [6, 6.07) is 8.41. The van der Waals surface area contributed by atoms with Gasteiger partial charge < -0.3 is 20.1 Å². The van der Waals surface area contributed by atoms with Gasteiger partial charge in [0.2, 0.25) is 0 Å². The molecule has 2 aliphatic heterocycles. The zero-order valence-electron chi connectivity index (χ0n) is 24.5. The lowest BCUT2D eigenvalue weighted by Gasteiger charge is -2.25. The number of nitrogens with zero attached hydrogens (tertiary/aromatic N) is 6. The van der Waals surface area contributed by atoms with E-state index in [0.29, 0.717) is 55.0 Å². The Bertz CT molecular complexity index is 1980. The molecule has 236 valence electrons. The number of ether oxygens (including phenoxy) is 2. The number of fused-ring (bicyclic) bond motifs is 2. The van der Waals surface area contributed by atoms with Crippen molar-refractivity contribution in [3.8, 4) is 10.6 Å². The summed E-state index contributed by atoms with van der Waals surface area (Å²) in [6.07, 6.45) is -0.291. The maximum atomic E-state index is 14.5. The monoisotopic (exact) mass is 656 g/mol. The van der Waals surface area contributed by atoms with E-state index in [-0.39, 0.29) is 27.4 Å². The van der Waals surface area contributed by atoms with Crippen LogP contribution in [0.1, 0.15) is 49.1 Å². The van der Waals surface area contributed by atoms with E-state index in [1.54, 1.807) is 24.3 Å². The lowest BCUT2D eigenvalue weighted by molar-refractivity contribution is -0.0363. The Hall–Kier alpha value is -3.99. The van der Waals surface area contributed by atoms with Crippen molar-refractivity contribution in [1.82, 2.24) is 29.3 Å². The summed E-state index contributed by atoms with van der Waals surface area (Å²) >= 11 is 1.41. The molecule has 12 nitrogen and oxygen atoms in total. The lowest BCUT2D eigenvalue weighted by atomic mass is 10.2. The molecule has 0 amide bonds. The van der Waals surface area contributed by atoms with E-state index < -0.39 is 28.3 Å². The first kappa shape index (κ1) is 29.7. The normalized spacial score (nSPS) is 17.1. The van der Waals surface area contributed by atoms with E-state index in [1.165, 1.54) is 15.9 Å². The SMILES string of the molecule is Cc1csc(-c2ccc(Nc3cc(Nc4cc5n(n4)CCOC5)nc4c3nc(C(F)F)n4C3CCCCO3)c(S(C)(=O)=O)c2)n1. The van der Waals surface area contributed by atoms with Crippen LogP contribution in [0.2, 0.25) is 0 Å². The van der Waals surface area contributed by atoms with Crippen LogP contribution < -0.4 is 10.6 Å². The lowest BCUT2D eigenvalue weighted by Crippen LogP contribution is -2.20. The number of nitrogens with one attached hydrogen (secondary N) is 2. The summed E-state index contributed by atoms with van der Waals surface area (Å²) in [5.74, 6) is 0.328. The number of aryl methyl sites for hydroxylation is 1. The highest BCUT2D eigenvalue weighted by Gasteiger charge is 2.29. The van der Waals surface area contributed by atoms with Crippen LogP contribution in [0.3, 0.4) is 0 Å². The topological polar surface area (TPSA) is 138 Å². The molecule has 5 aromatic rings. The number of anilines is 4. The van der Waals surface area contributed by atoms with E-state index >= 15 is 0 Å². The molecule has 1 unspecified atom stereocenters. The van der Waals surface area contributed by atoms with Gasteiger partial charge in [-0.25, -0.2) is 32.2 Å². The van der Waals surface area contributed by atoms with Gasteiger partial charge in [-0.15, -0.1) is 11.3 Å². The Labute approximate surface area is 261 Å². The number of sulfone groups is 1. The van der Waals surface area contributed by atoms with Gasteiger partial charge in [-0.05, 0) is 44.4 Å². The van der Waals surface area contributed by atoms with Crippen LogP contribution in [0.25, 0.3) is 21.7 Å². The van der Waals surface area contributed by atoms with Crippen LogP contribution in [0.15, 0.2) is 40.6 Å². The van der Waals surface area contributed by atoms with E-state index in [9.17, 15) is 17.2 Å². The predicted molar refractivity (Wildman–Crippen MR) is 165 cm³/mol. The summed E-state index contributed by atoms with van der Waals surface area (Å²) in [5, 5.41) is 13.5. The first-order valence-corrected chi connectivity index (χ1v) is 17.2. The second kappa shape index (κ2) is 11.7. The number of rotatable bonds is 8. The highest BCUT2D eigenvalue weighted by atomic mass is 32.2. The Morgan fingerprint density at radius 1 is 1.04 bits per heavy atom. The minimum Gasteiger partial charge on any atom is -0.373 e. The van der Waals surface area contributed by atoms with E-state index in [2.05, 4.69) is 25.7 Å². The highest BCUT2D eigenvalue weighted by molar-refractivity contribution is 7.90. The fourth-order valence-electron chi connectivity index (χ4n) is 5.59. The van der Waals surface area contributed by atoms with Crippen molar-refractivity contribution >= 4 is 55.3 Å². The van der Waals surface area contributed by atoms with Gasteiger partial charge in [-0.3, -0.25) is 9.25 Å². The second-order valence-electron chi connectivity index (χ2n) is 11.0. The molecule has 4 aromatic heterocycles. The Morgan fingerprint density at radius 3 is 2.62 bits per heavy atom. The molecular formula is C29H30F2N8O4S2.